The van der Waals surface area contributed by atoms with E-state index >= 15 is 0 Å². The molecule has 0 aliphatic heterocycles. The number of carboxylic acids is 1. The number of aliphatic carboxylic acids is 1. The van der Waals surface area contributed by atoms with Gasteiger partial charge in [-0.3, -0.25) is 4.79 Å². The maximum Gasteiger partial charge on any atom is 0.307 e. The van der Waals surface area contributed by atoms with E-state index in [9.17, 15) is 18.0 Å². The van der Waals surface area contributed by atoms with E-state index in [0.717, 1.165) is 11.6 Å². The Kier molecular flexibility index (Phi) is 4.93. The number of anilines is 2. The van der Waals surface area contributed by atoms with Crippen LogP contribution in [-0.4, -0.2) is 11.1 Å². The van der Waals surface area contributed by atoms with Crippen LogP contribution in [0.5, 0.6) is 0 Å². The minimum atomic E-state index is -1.34. The maximum atomic E-state index is 14.1. The first-order chi connectivity index (χ1) is 10.8. The maximum absolute atomic E-state index is 14.1. The molecule has 0 aliphatic carbocycles. The number of carboxylic acid groups (broad SMARTS) is 1. The van der Waals surface area contributed by atoms with Crippen LogP contribution in [0.1, 0.15) is 23.6 Å². The normalized spacial score (nSPS) is 10.7. The van der Waals surface area contributed by atoms with Crippen LogP contribution in [0, 0.1) is 24.4 Å². The third kappa shape index (κ3) is 3.64. The molecular formula is C17H16F3NO2. The Hall–Kier alpha value is -2.50. The molecule has 0 bridgehead atoms. The van der Waals surface area contributed by atoms with Crippen LogP contribution in [-0.2, 0) is 17.6 Å². The van der Waals surface area contributed by atoms with E-state index in [1.807, 2.05) is 6.92 Å². The Morgan fingerprint density at radius 2 is 1.87 bits per heavy atom. The lowest BCUT2D eigenvalue weighted by Gasteiger charge is -2.15. The van der Waals surface area contributed by atoms with E-state index in [2.05, 4.69) is 5.32 Å². The molecule has 0 atom stereocenters. The van der Waals surface area contributed by atoms with Crippen molar-refractivity contribution in [3.05, 3.63) is 58.4 Å². The molecule has 2 rings (SSSR count). The molecule has 0 fully saturated rings. The summed E-state index contributed by atoms with van der Waals surface area (Å²) in [6.07, 6.45) is 0.377. The number of benzene rings is 2. The van der Waals surface area contributed by atoms with Crippen molar-refractivity contribution < 1.29 is 23.1 Å². The lowest BCUT2D eigenvalue weighted by atomic mass is 10.0. The Morgan fingerprint density at radius 3 is 2.48 bits per heavy atom. The van der Waals surface area contributed by atoms with Crippen molar-refractivity contribution >= 4 is 17.3 Å². The predicted octanol–water partition coefficient (Wildman–Crippen LogP) is 4.35. The highest BCUT2D eigenvalue weighted by Crippen LogP contribution is 2.30. The smallest absolute Gasteiger partial charge is 0.307 e. The summed E-state index contributed by atoms with van der Waals surface area (Å²) >= 11 is 0. The lowest BCUT2D eigenvalue weighted by molar-refractivity contribution is -0.136. The van der Waals surface area contributed by atoms with Gasteiger partial charge in [-0.15, -0.1) is 0 Å². The highest BCUT2D eigenvalue weighted by Gasteiger charge is 2.18. The molecule has 0 spiro atoms. The summed E-state index contributed by atoms with van der Waals surface area (Å²) in [6.45, 7) is 3.23. The average molecular weight is 323 g/mol. The number of halogens is 3. The van der Waals surface area contributed by atoms with Crippen molar-refractivity contribution in [1.29, 1.82) is 0 Å². The van der Waals surface area contributed by atoms with Gasteiger partial charge in [0.05, 0.1) is 6.42 Å². The van der Waals surface area contributed by atoms with Gasteiger partial charge in [0.1, 0.15) is 5.69 Å². The highest BCUT2D eigenvalue weighted by atomic mass is 19.2. The lowest BCUT2D eigenvalue weighted by Crippen LogP contribution is -2.07. The zero-order chi connectivity index (χ0) is 17.1. The standard InChI is InChI=1S/C17H16F3NO2/c1-3-10-4-5-13(11(7-10)8-14(22)23)21-17-15(19)9(2)6-12(18)16(17)20/h4-7,21H,3,8H2,1-2H3,(H,22,23). The topological polar surface area (TPSA) is 49.3 Å². The minimum Gasteiger partial charge on any atom is -0.481 e. The van der Waals surface area contributed by atoms with Gasteiger partial charge in [0, 0.05) is 5.69 Å². The van der Waals surface area contributed by atoms with Gasteiger partial charge in [0.2, 0.25) is 0 Å². The van der Waals surface area contributed by atoms with Crippen molar-refractivity contribution in [2.24, 2.45) is 0 Å². The van der Waals surface area contributed by atoms with Gasteiger partial charge < -0.3 is 10.4 Å². The van der Waals surface area contributed by atoms with Gasteiger partial charge in [0.25, 0.3) is 0 Å². The van der Waals surface area contributed by atoms with Crippen LogP contribution in [0.25, 0.3) is 0 Å². The van der Waals surface area contributed by atoms with Gasteiger partial charge in [-0.05, 0) is 42.2 Å². The molecule has 23 heavy (non-hydrogen) atoms. The molecule has 3 nitrogen and oxygen atoms in total. The van der Waals surface area contributed by atoms with E-state index in [0.29, 0.717) is 12.0 Å². The monoisotopic (exact) mass is 323 g/mol. The number of nitrogens with one attached hydrogen (secondary N) is 1. The number of rotatable bonds is 5. The van der Waals surface area contributed by atoms with Crippen molar-refractivity contribution in [2.75, 3.05) is 5.32 Å². The molecule has 6 heteroatoms. The summed E-state index contributed by atoms with van der Waals surface area (Å²) in [7, 11) is 0. The van der Waals surface area contributed by atoms with Gasteiger partial charge in [-0.25, -0.2) is 13.2 Å². The van der Waals surface area contributed by atoms with Crippen molar-refractivity contribution in [3.63, 3.8) is 0 Å². The molecule has 0 amide bonds. The molecule has 0 heterocycles. The highest BCUT2D eigenvalue weighted by molar-refractivity contribution is 5.75. The second-order valence-corrected chi connectivity index (χ2v) is 5.22. The van der Waals surface area contributed by atoms with E-state index in [-0.39, 0.29) is 17.7 Å². The second kappa shape index (κ2) is 6.73. The van der Waals surface area contributed by atoms with Crippen LogP contribution < -0.4 is 5.32 Å². The summed E-state index contributed by atoms with van der Waals surface area (Å²) < 4.78 is 41.4. The molecule has 122 valence electrons. The fraction of sp³-hybridized carbons (Fsp3) is 0.235. The van der Waals surface area contributed by atoms with Crippen molar-refractivity contribution in [1.82, 2.24) is 0 Å². The summed E-state index contributed by atoms with van der Waals surface area (Å²) in [6, 6.07) is 5.68. The Labute approximate surface area is 131 Å². The summed E-state index contributed by atoms with van der Waals surface area (Å²) in [5, 5.41) is 11.5. The van der Waals surface area contributed by atoms with Gasteiger partial charge in [0.15, 0.2) is 17.5 Å². The third-order valence-corrected chi connectivity index (χ3v) is 3.52. The molecule has 0 saturated heterocycles. The minimum absolute atomic E-state index is 0.0450. The Balaban J connectivity index is 2.50. The Bertz CT molecular complexity index is 734. The SMILES string of the molecule is CCc1ccc(Nc2c(F)c(C)cc(F)c2F)c(CC(=O)O)c1. The molecule has 0 aromatic heterocycles. The number of hydrogen-bond donors (Lipinski definition) is 2. The zero-order valence-corrected chi connectivity index (χ0v) is 12.7. The summed E-state index contributed by atoms with van der Waals surface area (Å²) in [5.74, 6) is -4.49. The Morgan fingerprint density at radius 1 is 1.17 bits per heavy atom. The van der Waals surface area contributed by atoms with Crippen LogP contribution in [0.3, 0.4) is 0 Å². The van der Waals surface area contributed by atoms with E-state index < -0.39 is 29.1 Å². The van der Waals surface area contributed by atoms with E-state index in [1.165, 1.54) is 13.0 Å². The molecule has 0 unspecified atom stereocenters. The predicted molar refractivity (Wildman–Crippen MR) is 81.5 cm³/mol. The molecule has 0 saturated carbocycles. The number of hydrogen-bond acceptors (Lipinski definition) is 2. The largest absolute Gasteiger partial charge is 0.481 e. The van der Waals surface area contributed by atoms with Gasteiger partial charge >= 0.3 is 5.97 Å². The van der Waals surface area contributed by atoms with Gasteiger partial charge in [-0.1, -0.05) is 19.1 Å². The molecule has 2 N–H and O–H groups in total. The number of carbonyl (C=O) groups is 1. The third-order valence-electron chi connectivity index (χ3n) is 3.52. The number of aryl methyl sites for hydroxylation is 2. The van der Waals surface area contributed by atoms with Crippen LogP contribution >= 0.6 is 0 Å². The molecule has 0 radical (unpaired) electrons. The second-order valence-electron chi connectivity index (χ2n) is 5.22. The average Bonchev–Trinajstić information content (AvgIpc) is 2.50. The van der Waals surface area contributed by atoms with Crippen molar-refractivity contribution in [2.45, 2.75) is 26.7 Å². The summed E-state index contributed by atoms with van der Waals surface area (Å²) in [4.78, 5) is 11.0. The first kappa shape index (κ1) is 16.9. The fourth-order valence-electron chi connectivity index (χ4n) is 2.27. The summed E-state index contributed by atoms with van der Waals surface area (Å²) in [5.41, 5.74) is 0.822. The molecular weight excluding hydrogens is 307 g/mol. The van der Waals surface area contributed by atoms with Crippen LogP contribution in [0.4, 0.5) is 24.5 Å². The fourth-order valence-corrected chi connectivity index (χ4v) is 2.27. The van der Waals surface area contributed by atoms with Gasteiger partial charge in [-0.2, -0.15) is 0 Å². The molecule has 0 aliphatic rings. The van der Waals surface area contributed by atoms with Crippen molar-refractivity contribution in [3.8, 4) is 0 Å². The quantitative estimate of drug-likeness (QED) is 0.805. The zero-order valence-electron chi connectivity index (χ0n) is 12.7. The van der Waals surface area contributed by atoms with E-state index in [1.54, 1.807) is 12.1 Å². The molecule has 2 aromatic rings. The van der Waals surface area contributed by atoms with Crippen LogP contribution in [0.2, 0.25) is 0 Å². The van der Waals surface area contributed by atoms with Crippen LogP contribution in [0.15, 0.2) is 24.3 Å². The molecule has 2 aromatic carbocycles. The van der Waals surface area contributed by atoms with E-state index in [4.69, 9.17) is 5.11 Å². The first-order valence-electron chi connectivity index (χ1n) is 7.08. The first-order valence-corrected chi connectivity index (χ1v) is 7.08.